The molecule has 29 heavy (non-hydrogen) atoms. The van der Waals surface area contributed by atoms with Crippen molar-refractivity contribution in [1.82, 2.24) is 14.9 Å². The predicted octanol–water partition coefficient (Wildman–Crippen LogP) is 1.22. The van der Waals surface area contributed by atoms with E-state index in [0.717, 1.165) is 0 Å². The Hall–Kier alpha value is -1.55. The van der Waals surface area contributed by atoms with Gasteiger partial charge in [-0.05, 0) is 30.9 Å². The molecule has 0 spiro atoms. The maximum Gasteiger partial charge on any atom is 0.511 e. The summed E-state index contributed by atoms with van der Waals surface area (Å²) in [4.78, 5) is 15.0. The van der Waals surface area contributed by atoms with Gasteiger partial charge in [-0.2, -0.15) is 17.5 Å². The van der Waals surface area contributed by atoms with Crippen LogP contribution in [0.5, 0.6) is 0 Å². The first-order valence-corrected chi connectivity index (χ1v) is 9.88. The molecule has 4 N–H and O–H groups in total. The number of rotatable bonds is 6. The van der Waals surface area contributed by atoms with Gasteiger partial charge in [0.15, 0.2) is 11.7 Å². The van der Waals surface area contributed by atoms with Gasteiger partial charge >= 0.3 is 15.5 Å². The van der Waals surface area contributed by atoms with Crippen molar-refractivity contribution in [2.24, 2.45) is 16.6 Å². The number of piperidine rings is 1. The minimum absolute atomic E-state index is 0. The second-order valence-corrected chi connectivity index (χ2v) is 8.16. The molecule has 2 rings (SSSR count). The third-order valence-electron chi connectivity index (χ3n) is 4.32. The van der Waals surface area contributed by atoms with E-state index >= 15 is 0 Å². The number of hydrogen-bond donors (Lipinski definition) is 3. The van der Waals surface area contributed by atoms with Crippen molar-refractivity contribution in [1.29, 1.82) is 0 Å². The molecule has 0 aliphatic carbocycles. The van der Waals surface area contributed by atoms with Crippen molar-refractivity contribution < 1.29 is 30.8 Å². The summed E-state index contributed by atoms with van der Waals surface area (Å²) in [5.41, 5.74) is -0.166. The molecule has 2 heterocycles. The number of carbonyl (C=O) groups excluding carboxylic acids is 1. The van der Waals surface area contributed by atoms with Crippen LogP contribution < -0.4 is 16.4 Å². The minimum atomic E-state index is -5.27. The summed E-state index contributed by atoms with van der Waals surface area (Å²) >= 11 is 0. The largest absolute Gasteiger partial charge is 0.511 e. The molecule has 1 saturated heterocycles. The fraction of sp³-hybridized carbons (Fsp3) is 0.600. The Kier molecular flexibility index (Phi) is 9.20. The molecule has 14 heteroatoms. The molecule has 0 unspecified atom stereocenters. The molecule has 0 radical (unpaired) electrons. The van der Waals surface area contributed by atoms with Gasteiger partial charge in [0.25, 0.3) is 5.91 Å². The number of sulfonamides is 1. The Morgan fingerprint density at radius 2 is 1.93 bits per heavy atom. The van der Waals surface area contributed by atoms with Gasteiger partial charge in [-0.15, -0.1) is 24.0 Å². The van der Waals surface area contributed by atoms with Crippen molar-refractivity contribution in [2.45, 2.75) is 24.9 Å². The zero-order chi connectivity index (χ0) is 20.9. The lowest BCUT2D eigenvalue weighted by Crippen LogP contribution is -2.47. The van der Waals surface area contributed by atoms with Crippen molar-refractivity contribution in [3.8, 4) is 0 Å². The average Bonchev–Trinajstić information content (AvgIpc) is 3.10. The third-order valence-corrected chi connectivity index (χ3v) is 5.95. The van der Waals surface area contributed by atoms with Gasteiger partial charge in [-0.1, -0.05) is 0 Å². The third kappa shape index (κ3) is 6.74. The number of halogens is 4. The van der Waals surface area contributed by atoms with E-state index < -0.39 is 21.4 Å². The average molecular weight is 553 g/mol. The molecule has 9 nitrogen and oxygen atoms in total. The number of primary amides is 1. The zero-order valence-electron chi connectivity index (χ0n) is 15.5. The fourth-order valence-electron chi connectivity index (χ4n) is 2.74. The van der Waals surface area contributed by atoms with Crippen LogP contribution in [0.2, 0.25) is 0 Å². The standard InChI is InChI=1S/C15H22F3N5O4S.HI/c1-20-14(22-9-11-2-3-12(27-11)13(19)24)21-8-10-4-6-23(7-5-10)28(25,26)15(16,17)18;/h2-3,10H,4-9H2,1H3,(H2,19,24)(H2,20,21,22);1H. The van der Waals surface area contributed by atoms with E-state index in [0.29, 0.717) is 35.4 Å². The highest BCUT2D eigenvalue weighted by Crippen LogP contribution is 2.30. The molecule has 0 aromatic carbocycles. The summed E-state index contributed by atoms with van der Waals surface area (Å²) < 4.78 is 66.3. The summed E-state index contributed by atoms with van der Waals surface area (Å²) in [6.45, 7) is 0.310. The van der Waals surface area contributed by atoms with E-state index in [-0.39, 0.29) is 55.3 Å². The van der Waals surface area contributed by atoms with Crippen LogP contribution in [0.25, 0.3) is 0 Å². The molecule has 1 fully saturated rings. The van der Waals surface area contributed by atoms with Gasteiger partial charge in [0, 0.05) is 26.7 Å². The summed E-state index contributed by atoms with van der Waals surface area (Å²) in [7, 11) is -3.72. The number of guanidine groups is 1. The highest BCUT2D eigenvalue weighted by atomic mass is 127. The number of carbonyl (C=O) groups is 1. The molecule has 1 aliphatic heterocycles. The normalized spacial score (nSPS) is 16.9. The molecular weight excluding hydrogens is 530 g/mol. The maximum absolute atomic E-state index is 12.6. The number of amides is 1. The molecule has 1 aromatic heterocycles. The predicted molar refractivity (Wildman–Crippen MR) is 110 cm³/mol. The van der Waals surface area contributed by atoms with Crippen molar-refractivity contribution >= 4 is 45.9 Å². The van der Waals surface area contributed by atoms with Gasteiger partial charge in [0.05, 0.1) is 6.54 Å². The van der Waals surface area contributed by atoms with E-state index in [9.17, 15) is 26.4 Å². The van der Waals surface area contributed by atoms with Crippen LogP contribution in [0.4, 0.5) is 13.2 Å². The summed E-state index contributed by atoms with van der Waals surface area (Å²) in [6.07, 6.45) is 0.610. The minimum Gasteiger partial charge on any atom is -0.454 e. The topological polar surface area (TPSA) is 130 Å². The smallest absolute Gasteiger partial charge is 0.454 e. The molecule has 1 aliphatic rings. The first-order chi connectivity index (χ1) is 13.0. The van der Waals surface area contributed by atoms with Gasteiger partial charge in [0.1, 0.15) is 5.76 Å². The van der Waals surface area contributed by atoms with Crippen LogP contribution in [0, 0.1) is 5.92 Å². The molecule has 0 bridgehead atoms. The first-order valence-electron chi connectivity index (χ1n) is 8.44. The van der Waals surface area contributed by atoms with E-state index in [1.54, 1.807) is 13.1 Å². The Balaban J connectivity index is 0.00000420. The van der Waals surface area contributed by atoms with E-state index in [1.807, 2.05) is 0 Å². The van der Waals surface area contributed by atoms with Gasteiger partial charge in [0.2, 0.25) is 0 Å². The zero-order valence-corrected chi connectivity index (χ0v) is 18.7. The Bertz CT molecular complexity index is 820. The van der Waals surface area contributed by atoms with E-state index in [1.165, 1.54) is 6.07 Å². The number of nitrogens with zero attached hydrogens (tertiary/aromatic N) is 2. The van der Waals surface area contributed by atoms with E-state index in [2.05, 4.69) is 15.6 Å². The van der Waals surface area contributed by atoms with Crippen molar-refractivity contribution in [3.63, 3.8) is 0 Å². The highest BCUT2D eigenvalue weighted by molar-refractivity contribution is 14.0. The van der Waals surface area contributed by atoms with Crippen LogP contribution in [0.15, 0.2) is 21.5 Å². The monoisotopic (exact) mass is 553 g/mol. The van der Waals surface area contributed by atoms with Crippen molar-refractivity contribution in [3.05, 3.63) is 23.7 Å². The lowest BCUT2D eigenvalue weighted by molar-refractivity contribution is -0.0496. The highest BCUT2D eigenvalue weighted by Gasteiger charge is 2.50. The summed E-state index contributed by atoms with van der Waals surface area (Å²) in [5.74, 6) is 0.279. The molecular formula is C15H23F3IN5O4S. The molecule has 0 atom stereocenters. The van der Waals surface area contributed by atoms with E-state index in [4.69, 9.17) is 10.2 Å². The van der Waals surface area contributed by atoms with Crippen LogP contribution in [0.1, 0.15) is 29.2 Å². The number of hydrogen-bond acceptors (Lipinski definition) is 5. The van der Waals surface area contributed by atoms with Crippen LogP contribution in [-0.4, -0.2) is 56.8 Å². The molecule has 1 amide bonds. The molecule has 0 saturated carbocycles. The summed E-state index contributed by atoms with van der Waals surface area (Å²) in [5, 5.41) is 6.01. The van der Waals surface area contributed by atoms with Crippen LogP contribution in [0.3, 0.4) is 0 Å². The molecule has 166 valence electrons. The number of aliphatic imine (C=N–C) groups is 1. The Labute approximate surface area is 183 Å². The van der Waals surface area contributed by atoms with Gasteiger partial charge < -0.3 is 20.8 Å². The number of nitrogens with two attached hydrogens (primary N) is 1. The second-order valence-electron chi connectivity index (χ2n) is 6.23. The van der Waals surface area contributed by atoms with Crippen molar-refractivity contribution in [2.75, 3.05) is 26.7 Å². The number of nitrogens with one attached hydrogen (secondary N) is 2. The number of furan rings is 1. The Morgan fingerprint density at radius 3 is 2.41 bits per heavy atom. The lowest BCUT2D eigenvalue weighted by Gasteiger charge is -2.31. The summed E-state index contributed by atoms with van der Waals surface area (Å²) in [6, 6.07) is 3.05. The van der Waals surface area contributed by atoms with Crippen LogP contribution in [-0.2, 0) is 16.6 Å². The van der Waals surface area contributed by atoms with Gasteiger partial charge in [-0.25, -0.2) is 8.42 Å². The van der Waals surface area contributed by atoms with Gasteiger partial charge in [-0.3, -0.25) is 9.79 Å². The second kappa shape index (κ2) is 10.5. The SMILES string of the molecule is CN=C(NCc1ccc(C(N)=O)o1)NCC1CCN(S(=O)(=O)C(F)(F)F)CC1.I. The maximum atomic E-state index is 12.6. The quantitative estimate of drug-likeness (QED) is 0.276. The first kappa shape index (κ1) is 25.5. The molecule has 1 aromatic rings. The fourth-order valence-corrected chi connectivity index (χ4v) is 3.72. The lowest BCUT2D eigenvalue weighted by atomic mass is 9.98. The Morgan fingerprint density at radius 1 is 1.31 bits per heavy atom. The number of alkyl halides is 3. The van der Waals surface area contributed by atoms with Crippen LogP contribution >= 0.6 is 24.0 Å².